The molecule has 1 unspecified atom stereocenters. The highest BCUT2D eigenvalue weighted by Crippen LogP contribution is 2.42. The van der Waals surface area contributed by atoms with Crippen LogP contribution in [0.2, 0.25) is 0 Å². The highest BCUT2D eigenvalue weighted by Gasteiger charge is 2.19. The summed E-state index contributed by atoms with van der Waals surface area (Å²) in [4.78, 5) is 15.4. The molecule has 9 aromatic rings. The molecule has 0 aliphatic heterocycles. The van der Waals surface area contributed by atoms with Gasteiger partial charge in [0.05, 0.1) is 0 Å². The van der Waals surface area contributed by atoms with E-state index in [1.165, 1.54) is 56.3 Å². The van der Waals surface area contributed by atoms with E-state index in [0.717, 1.165) is 50.4 Å². The van der Waals surface area contributed by atoms with Gasteiger partial charge in [-0.15, -0.1) is 11.3 Å². The fraction of sp³-hybridized carbons (Fsp3) is 0.135. The molecule has 0 saturated heterocycles. The Morgan fingerprint density at radius 2 is 1.42 bits per heavy atom. The Labute approximate surface area is 336 Å². The molecule has 1 atom stereocenters. The van der Waals surface area contributed by atoms with Crippen LogP contribution in [-0.2, 0) is 0 Å². The van der Waals surface area contributed by atoms with Crippen molar-refractivity contribution in [2.24, 2.45) is 5.92 Å². The molecule has 0 spiro atoms. The van der Waals surface area contributed by atoms with Gasteiger partial charge >= 0.3 is 0 Å². The summed E-state index contributed by atoms with van der Waals surface area (Å²) in [5.41, 5.74) is 11.1. The number of aromatic nitrogens is 3. The molecule has 10 rings (SSSR count). The van der Waals surface area contributed by atoms with E-state index in [9.17, 15) is 0 Å². The summed E-state index contributed by atoms with van der Waals surface area (Å²) in [6.45, 7) is 4.62. The zero-order valence-electron chi connectivity index (χ0n) is 32.1. The topological polar surface area (TPSA) is 51.8 Å². The summed E-state index contributed by atoms with van der Waals surface area (Å²) in [6.07, 6.45) is 13.8. The van der Waals surface area contributed by atoms with Crippen LogP contribution >= 0.6 is 11.3 Å². The second kappa shape index (κ2) is 14.9. The minimum absolute atomic E-state index is 0.608. The number of fused-ring (bicyclic) bond motifs is 6. The molecule has 5 heteroatoms. The van der Waals surface area contributed by atoms with E-state index in [0.29, 0.717) is 23.4 Å². The number of benzene rings is 6. The first kappa shape index (κ1) is 35.0. The lowest BCUT2D eigenvalue weighted by Gasteiger charge is -2.16. The highest BCUT2D eigenvalue weighted by molar-refractivity contribution is 7.26. The van der Waals surface area contributed by atoms with Crippen LogP contribution in [0.25, 0.3) is 93.0 Å². The van der Waals surface area contributed by atoms with Crippen LogP contribution in [0.3, 0.4) is 0 Å². The second-order valence-corrected chi connectivity index (χ2v) is 16.2. The minimum atomic E-state index is 0.608. The molecular formula is C52H41N3OS. The monoisotopic (exact) mass is 755 g/mol. The largest absolute Gasteiger partial charge is 0.456 e. The first-order valence-electron chi connectivity index (χ1n) is 19.9. The quantitative estimate of drug-likeness (QED) is 0.147. The lowest BCUT2D eigenvalue weighted by atomic mass is 9.89. The van der Waals surface area contributed by atoms with Gasteiger partial charge in [0.2, 0.25) is 0 Å². The van der Waals surface area contributed by atoms with E-state index in [4.69, 9.17) is 19.4 Å². The van der Waals surface area contributed by atoms with Gasteiger partial charge in [0.25, 0.3) is 0 Å². The van der Waals surface area contributed by atoms with E-state index >= 15 is 0 Å². The maximum Gasteiger partial charge on any atom is 0.164 e. The molecule has 3 aromatic heterocycles. The minimum Gasteiger partial charge on any atom is -0.456 e. The fourth-order valence-electron chi connectivity index (χ4n) is 8.23. The fourth-order valence-corrected chi connectivity index (χ4v) is 9.34. The van der Waals surface area contributed by atoms with E-state index in [-0.39, 0.29) is 0 Å². The van der Waals surface area contributed by atoms with Gasteiger partial charge in [-0.1, -0.05) is 128 Å². The number of allylic oxidation sites excluding steroid dienone is 6. The maximum atomic E-state index is 6.28. The Morgan fingerprint density at radius 3 is 2.30 bits per heavy atom. The van der Waals surface area contributed by atoms with E-state index < -0.39 is 0 Å². The predicted molar refractivity (Wildman–Crippen MR) is 240 cm³/mol. The van der Waals surface area contributed by atoms with E-state index in [1.54, 1.807) is 5.57 Å². The second-order valence-electron chi connectivity index (χ2n) is 15.1. The smallest absolute Gasteiger partial charge is 0.164 e. The van der Waals surface area contributed by atoms with Crippen molar-refractivity contribution in [2.45, 2.75) is 39.5 Å². The molecule has 0 N–H and O–H groups in total. The van der Waals surface area contributed by atoms with Gasteiger partial charge < -0.3 is 4.42 Å². The maximum absolute atomic E-state index is 6.28. The first-order valence-corrected chi connectivity index (χ1v) is 20.7. The standard InChI is InChI=1S/C52H41N3OS/c1-33(35-16-5-3-6-17-35)14-11-15-34(2)37-20-12-21-38(30-37)39-27-29-47-44(31-39)49-43(23-13-25-48(49)57-47)52-54-50(36-18-7-4-8-19-36)53-51(55-52)40-26-28-42-41-22-9-10-24-45(41)56-46(42)32-40/h3-5,7-10,12-13,15-16,18-33H,6,11,14,17H2,1-2H3/b34-15+. The van der Waals surface area contributed by atoms with Crippen LogP contribution in [-0.4, -0.2) is 15.0 Å². The van der Waals surface area contributed by atoms with Crippen LogP contribution in [0.1, 0.15) is 45.1 Å². The lowest BCUT2D eigenvalue weighted by Crippen LogP contribution is -2.00. The van der Waals surface area contributed by atoms with Crippen LogP contribution in [0.5, 0.6) is 0 Å². The van der Waals surface area contributed by atoms with Crippen molar-refractivity contribution >= 4 is 59.0 Å². The third-order valence-electron chi connectivity index (χ3n) is 11.4. The molecule has 4 nitrogen and oxygen atoms in total. The number of hydrogen-bond donors (Lipinski definition) is 0. The molecule has 276 valence electrons. The molecule has 1 aliphatic rings. The zero-order chi connectivity index (χ0) is 38.3. The van der Waals surface area contributed by atoms with Crippen molar-refractivity contribution in [3.8, 4) is 45.3 Å². The number of hydrogen-bond acceptors (Lipinski definition) is 5. The highest BCUT2D eigenvalue weighted by atomic mass is 32.1. The van der Waals surface area contributed by atoms with Crippen molar-refractivity contribution < 1.29 is 4.42 Å². The molecule has 0 saturated carbocycles. The van der Waals surface area contributed by atoms with Crippen LogP contribution in [0.4, 0.5) is 0 Å². The summed E-state index contributed by atoms with van der Waals surface area (Å²) >= 11 is 1.81. The Kier molecular flexibility index (Phi) is 9.16. The number of para-hydroxylation sites is 1. The Balaban J connectivity index is 1.04. The molecule has 0 bridgehead atoms. The molecule has 0 amide bonds. The van der Waals surface area contributed by atoms with Crippen molar-refractivity contribution in [1.82, 2.24) is 15.0 Å². The normalized spacial score (nSPS) is 13.9. The summed E-state index contributed by atoms with van der Waals surface area (Å²) < 4.78 is 8.72. The summed E-state index contributed by atoms with van der Waals surface area (Å²) in [6, 6.07) is 46.9. The van der Waals surface area contributed by atoms with Crippen molar-refractivity contribution in [3.63, 3.8) is 0 Å². The zero-order valence-corrected chi connectivity index (χ0v) is 32.9. The van der Waals surface area contributed by atoms with Gasteiger partial charge in [0, 0.05) is 47.6 Å². The molecular weight excluding hydrogens is 715 g/mol. The Bertz CT molecular complexity index is 3060. The Hall–Kier alpha value is -6.43. The van der Waals surface area contributed by atoms with Gasteiger partial charge in [0.15, 0.2) is 17.5 Å². The predicted octanol–water partition coefficient (Wildman–Crippen LogP) is 14.9. The van der Waals surface area contributed by atoms with Gasteiger partial charge in [-0.25, -0.2) is 15.0 Å². The first-order chi connectivity index (χ1) is 28.1. The van der Waals surface area contributed by atoms with Crippen molar-refractivity contribution in [2.75, 3.05) is 0 Å². The van der Waals surface area contributed by atoms with Crippen molar-refractivity contribution in [1.29, 1.82) is 0 Å². The summed E-state index contributed by atoms with van der Waals surface area (Å²) in [7, 11) is 0. The van der Waals surface area contributed by atoms with Crippen LogP contribution in [0, 0.1) is 5.92 Å². The van der Waals surface area contributed by atoms with Crippen molar-refractivity contribution in [3.05, 3.63) is 169 Å². The summed E-state index contributed by atoms with van der Waals surface area (Å²) in [5, 5.41) is 4.53. The lowest BCUT2D eigenvalue weighted by molar-refractivity contribution is 0.594. The average molecular weight is 756 g/mol. The average Bonchev–Trinajstić information content (AvgIpc) is 3.84. The number of rotatable bonds is 9. The van der Waals surface area contributed by atoms with Gasteiger partial charge in [-0.05, 0) is 103 Å². The number of nitrogens with zero attached hydrogens (tertiary/aromatic N) is 3. The van der Waals surface area contributed by atoms with Gasteiger partial charge in [0.1, 0.15) is 11.2 Å². The third kappa shape index (κ3) is 6.79. The molecule has 3 heterocycles. The molecule has 6 aromatic carbocycles. The molecule has 0 radical (unpaired) electrons. The van der Waals surface area contributed by atoms with Crippen LogP contribution in [0.15, 0.2) is 168 Å². The van der Waals surface area contributed by atoms with E-state index in [1.807, 2.05) is 47.7 Å². The number of thiophene rings is 1. The molecule has 1 aliphatic carbocycles. The molecule has 0 fully saturated rings. The van der Waals surface area contributed by atoms with Gasteiger partial charge in [-0.2, -0.15) is 0 Å². The Morgan fingerprint density at radius 1 is 0.667 bits per heavy atom. The summed E-state index contributed by atoms with van der Waals surface area (Å²) in [5.74, 6) is 2.50. The van der Waals surface area contributed by atoms with Gasteiger partial charge in [-0.3, -0.25) is 0 Å². The SMILES string of the molecule is C/C(=C\CCC(C)C1=CC=CCC1)c1cccc(-c2ccc3sc4cccc(-c5nc(-c6ccccc6)nc(-c6ccc7c(c6)oc6ccccc67)n5)c4c3c2)c1. The van der Waals surface area contributed by atoms with E-state index in [2.05, 4.69) is 135 Å². The molecule has 57 heavy (non-hydrogen) atoms. The number of furan rings is 1. The van der Waals surface area contributed by atoms with Crippen LogP contribution < -0.4 is 0 Å². The third-order valence-corrected chi connectivity index (χ3v) is 12.6.